The largest absolute Gasteiger partial charge is 0.277 e. The second kappa shape index (κ2) is 9.04. The first kappa shape index (κ1) is 26.7. The average molecular weight is 604 g/mol. The van der Waals surface area contributed by atoms with Crippen LogP contribution in [0.3, 0.4) is 0 Å². The molecule has 0 atom stereocenters. The molecule has 6 aromatic carbocycles. The SMILES string of the molecule is CC1(C)c2ccccc2-c2c1c1c(c3c2c2ccccc2n3-c2nc(-c3ccccc3)c3ccccc3n2)-c2ccccc2C1(C)C. The van der Waals surface area contributed by atoms with Gasteiger partial charge in [-0.3, -0.25) is 4.57 Å². The molecule has 3 nitrogen and oxygen atoms in total. The summed E-state index contributed by atoms with van der Waals surface area (Å²) in [5, 5.41) is 3.57. The molecule has 2 aliphatic carbocycles. The second-order valence-corrected chi connectivity index (χ2v) is 14.2. The summed E-state index contributed by atoms with van der Waals surface area (Å²) < 4.78 is 2.37. The molecule has 2 aliphatic rings. The molecule has 0 saturated heterocycles. The Morgan fingerprint density at radius 3 is 1.79 bits per heavy atom. The monoisotopic (exact) mass is 603 g/mol. The van der Waals surface area contributed by atoms with Gasteiger partial charge in [0.2, 0.25) is 5.95 Å². The molecule has 0 fully saturated rings. The van der Waals surface area contributed by atoms with E-state index >= 15 is 0 Å². The Balaban J connectivity index is 1.47. The Morgan fingerprint density at radius 2 is 1.06 bits per heavy atom. The van der Waals surface area contributed by atoms with Gasteiger partial charge in [-0.1, -0.05) is 143 Å². The van der Waals surface area contributed by atoms with Gasteiger partial charge in [-0.15, -0.1) is 0 Å². The van der Waals surface area contributed by atoms with E-state index in [1.54, 1.807) is 0 Å². The molecule has 2 heterocycles. The lowest BCUT2D eigenvalue weighted by Gasteiger charge is -2.31. The van der Waals surface area contributed by atoms with E-state index in [-0.39, 0.29) is 10.8 Å². The van der Waals surface area contributed by atoms with Crippen LogP contribution >= 0.6 is 0 Å². The van der Waals surface area contributed by atoms with E-state index in [1.807, 2.05) is 0 Å². The first-order chi connectivity index (χ1) is 22.9. The molecule has 0 spiro atoms. The number of hydrogen-bond acceptors (Lipinski definition) is 2. The highest BCUT2D eigenvalue weighted by Crippen LogP contribution is 2.63. The second-order valence-electron chi connectivity index (χ2n) is 14.2. The summed E-state index contributed by atoms with van der Waals surface area (Å²) in [4.78, 5) is 10.8. The minimum absolute atomic E-state index is 0.160. The number of aromatic nitrogens is 3. The molecule has 3 heteroatoms. The lowest BCUT2D eigenvalue weighted by Crippen LogP contribution is -2.24. The fourth-order valence-electron chi connectivity index (χ4n) is 8.95. The molecule has 8 aromatic rings. The van der Waals surface area contributed by atoms with Crippen LogP contribution in [0, 0.1) is 0 Å². The minimum atomic E-state index is -0.190. The topological polar surface area (TPSA) is 30.7 Å². The van der Waals surface area contributed by atoms with Gasteiger partial charge in [0.25, 0.3) is 0 Å². The first-order valence-corrected chi connectivity index (χ1v) is 16.5. The quantitative estimate of drug-likeness (QED) is 0.197. The van der Waals surface area contributed by atoms with Gasteiger partial charge >= 0.3 is 0 Å². The van der Waals surface area contributed by atoms with Crippen molar-refractivity contribution in [2.24, 2.45) is 0 Å². The zero-order valence-electron chi connectivity index (χ0n) is 27.0. The van der Waals surface area contributed by atoms with Crippen molar-refractivity contribution in [3.8, 4) is 39.5 Å². The normalized spacial score (nSPS) is 15.1. The van der Waals surface area contributed by atoms with Gasteiger partial charge in [0.15, 0.2) is 0 Å². The van der Waals surface area contributed by atoms with E-state index in [0.29, 0.717) is 5.95 Å². The van der Waals surface area contributed by atoms with E-state index in [4.69, 9.17) is 9.97 Å². The van der Waals surface area contributed by atoms with E-state index in [9.17, 15) is 0 Å². The van der Waals surface area contributed by atoms with E-state index < -0.39 is 0 Å². The van der Waals surface area contributed by atoms with Crippen molar-refractivity contribution in [1.82, 2.24) is 14.5 Å². The molecular weight excluding hydrogens is 571 g/mol. The van der Waals surface area contributed by atoms with Crippen LogP contribution in [0.25, 0.3) is 72.2 Å². The van der Waals surface area contributed by atoms with Crippen LogP contribution in [0.15, 0.2) is 127 Å². The lowest BCUT2D eigenvalue weighted by atomic mass is 9.72. The van der Waals surface area contributed by atoms with Gasteiger partial charge in [0.05, 0.1) is 22.2 Å². The van der Waals surface area contributed by atoms with Gasteiger partial charge in [-0.05, 0) is 51.1 Å². The smallest absolute Gasteiger partial charge is 0.235 e. The molecule has 0 aliphatic heterocycles. The summed E-state index contributed by atoms with van der Waals surface area (Å²) >= 11 is 0. The molecule has 0 amide bonds. The Hall–Kier alpha value is -5.54. The maximum absolute atomic E-state index is 5.45. The van der Waals surface area contributed by atoms with Crippen LogP contribution in [0.4, 0.5) is 0 Å². The first-order valence-electron chi connectivity index (χ1n) is 16.5. The van der Waals surface area contributed by atoms with Crippen LogP contribution in [0.1, 0.15) is 49.9 Å². The Morgan fingerprint density at radius 1 is 0.511 bits per heavy atom. The third kappa shape index (κ3) is 3.31. The van der Waals surface area contributed by atoms with Crippen LogP contribution < -0.4 is 0 Å². The lowest BCUT2D eigenvalue weighted by molar-refractivity contribution is 0.602. The number of rotatable bonds is 2. The van der Waals surface area contributed by atoms with Crippen LogP contribution in [-0.4, -0.2) is 14.5 Å². The van der Waals surface area contributed by atoms with Gasteiger partial charge in [-0.2, -0.15) is 0 Å². The van der Waals surface area contributed by atoms with Crippen LogP contribution in [0.5, 0.6) is 0 Å². The molecule has 224 valence electrons. The molecule has 0 radical (unpaired) electrons. The maximum Gasteiger partial charge on any atom is 0.235 e. The predicted molar refractivity (Wildman–Crippen MR) is 194 cm³/mol. The molecule has 0 unspecified atom stereocenters. The van der Waals surface area contributed by atoms with Crippen molar-refractivity contribution in [2.45, 2.75) is 38.5 Å². The number of hydrogen-bond donors (Lipinski definition) is 0. The standard InChI is InChI=1S/C44H33N3/c1-43(2)31-22-12-8-18-27(31)35-36-30-21-11-15-25-34(30)47(41(36)37-28-19-9-13-23-32(28)44(3,4)39(37)38(35)43)42-45-33-24-14-10-20-29(33)40(46-42)26-16-6-5-7-17-26/h5-25H,1-4H3. The summed E-state index contributed by atoms with van der Waals surface area (Å²) in [6, 6.07) is 45.9. The average Bonchev–Trinajstić information content (AvgIpc) is 3.65. The van der Waals surface area contributed by atoms with Crippen molar-refractivity contribution in [3.63, 3.8) is 0 Å². The van der Waals surface area contributed by atoms with Crippen LogP contribution in [0.2, 0.25) is 0 Å². The summed E-state index contributed by atoms with van der Waals surface area (Å²) in [5.41, 5.74) is 15.9. The zero-order chi connectivity index (χ0) is 31.7. The molecule has 10 rings (SSSR count). The Kier molecular flexibility index (Phi) is 5.13. The Bertz CT molecular complexity index is 2620. The number of fused-ring (bicyclic) bond motifs is 13. The Labute approximate surface area is 274 Å². The summed E-state index contributed by atoms with van der Waals surface area (Å²) in [6.07, 6.45) is 0. The minimum Gasteiger partial charge on any atom is -0.277 e. The number of para-hydroxylation sites is 2. The molecule has 2 aromatic heterocycles. The fourth-order valence-corrected chi connectivity index (χ4v) is 8.95. The molecular formula is C44H33N3. The number of benzene rings is 6. The van der Waals surface area contributed by atoms with E-state index in [0.717, 1.165) is 27.7 Å². The highest BCUT2D eigenvalue weighted by Gasteiger charge is 2.48. The van der Waals surface area contributed by atoms with Crippen molar-refractivity contribution >= 4 is 32.7 Å². The van der Waals surface area contributed by atoms with E-state index in [2.05, 4.69) is 160 Å². The van der Waals surface area contributed by atoms with Crippen molar-refractivity contribution in [1.29, 1.82) is 0 Å². The van der Waals surface area contributed by atoms with Gasteiger partial charge in [-0.25, -0.2) is 9.97 Å². The fraction of sp³-hybridized carbons (Fsp3) is 0.136. The number of nitrogens with zero attached hydrogens (tertiary/aromatic N) is 3. The van der Waals surface area contributed by atoms with Gasteiger partial charge in [0.1, 0.15) is 0 Å². The van der Waals surface area contributed by atoms with Crippen molar-refractivity contribution < 1.29 is 0 Å². The summed E-state index contributed by atoms with van der Waals surface area (Å²) in [6.45, 7) is 9.66. The third-order valence-corrected chi connectivity index (χ3v) is 10.9. The molecule has 0 N–H and O–H groups in total. The zero-order valence-corrected chi connectivity index (χ0v) is 27.0. The van der Waals surface area contributed by atoms with Gasteiger partial charge < -0.3 is 0 Å². The van der Waals surface area contributed by atoms with Gasteiger partial charge in [0, 0.05) is 38.1 Å². The van der Waals surface area contributed by atoms with E-state index in [1.165, 1.54) is 60.8 Å². The molecule has 0 bridgehead atoms. The molecule has 0 saturated carbocycles. The van der Waals surface area contributed by atoms with Crippen molar-refractivity contribution in [2.75, 3.05) is 0 Å². The van der Waals surface area contributed by atoms with Crippen LogP contribution in [-0.2, 0) is 10.8 Å². The maximum atomic E-state index is 5.45. The summed E-state index contributed by atoms with van der Waals surface area (Å²) in [7, 11) is 0. The third-order valence-electron chi connectivity index (χ3n) is 10.9. The summed E-state index contributed by atoms with van der Waals surface area (Å²) in [5.74, 6) is 0.698. The highest BCUT2D eigenvalue weighted by molar-refractivity contribution is 6.23. The highest BCUT2D eigenvalue weighted by atomic mass is 15.2. The van der Waals surface area contributed by atoms with Crippen molar-refractivity contribution in [3.05, 3.63) is 150 Å². The molecule has 47 heavy (non-hydrogen) atoms. The predicted octanol–water partition coefficient (Wildman–Crippen LogP) is 11.0.